The van der Waals surface area contributed by atoms with E-state index in [0.717, 1.165) is 10.2 Å². The zero-order chi connectivity index (χ0) is 14.7. The minimum absolute atomic E-state index is 0.102. The maximum absolute atomic E-state index is 9.83. The molecule has 102 valence electrons. The van der Waals surface area contributed by atoms with Gasteiger partial charge in [-0.3, -0.25) is 0 Å². The van der Waals surface area contributed by atoms with Gasteiger partial charge in [0.05, 0.1) is 17.7 Å². The number of nitrogens with one attached hydrogen (secondary N) is 1. The highest BCUT2D eigenvalue weighted by molar-refractivity contribution is 9.10. The summed E-state index contributed by atoms with van der Waals surface area (Å²) in [5.74, 6) is 0.220. The van der Waals surface area contributed by atoms with Crippen molar-refractivity contribution in [1.82, 2.24) is 0 Å². The molecule has 2 aromatic carbocycles. The molecule has 0 bridgehead atoms. The lowest BCUT2D eigenvalue weighted by Crippen LogP contribution is -2.07. The molecule has 0 aliphatic carbocycles. The fourth-order valence-corrected chi connectivity index (χ4v) is 2.39. The summed E-state index contributed by atoms with van der Waals surface area (Å²) in [4.78, 5) is 0. The van der Waals surface area contributed by atoms with Crippen LogP contribution in [-0.2, 0) is 0 Å². The molecular weight excluding hydrogens is 320 g/mol. The Morgan fingerprint density at radius 1 is 1.20 bits per heavy atom. The van der Waals surface area contributed by atoms with Gasteiger partial charge >= 0.3 is 0 Å². The molecule has 0 aliphatic heterocycles. The Bertz CT molecular complexity index is 680. The Hall–Kier alpha value is -2.19. The fourth-order valence-electron chi connectivity index (χ4n) is 1.90. The molecule has 0 spiro atoms. The van der Waals surface area contributed by atoms with Crippen molar-refractivity contribution >= 4 is 21.6 Å². The number of phenolic OH excluding ortho intramolecular Hbond substituents is 2. The molecule has 0 fully saturated rings. The molecule has 0 radical (unpaired) electrons. The first-order chi connectivity index (χ1) is 9.51. The highest BCUT2D eigenvalue weighted by Gasteiger charge is 2.12. The summed E-state index contributed by atoms with van der Waals surface area (Å²) in [7, 11) is 0. The van der Waals surface area contributed by atoms with Gasteiger partial charge in [-0.25, -0.2) is 0 Å². The fraction of sp³-hybridized carbons (Fsp3) is 0.133. The van der Waals surface area contributed by atoms with Gasteiger partial charge in [0.15, 0.2) is 0 Å². The first-order valence-electron chi connectivity index (χ1n) is 5.99. The zero-order valence-corrected chi connectivity index (χ0v) is 12.3. The van der Waals surface area contributed by atoms with Crippen molar-refractivity contribution < 1.29 is 10.2 Å². The molecule has 3 N–H and O–H groups in total. The molecule has 4 nitrogen and oxygen atoms in total. The van der Waals surface area contributed by atoms with Crippen LogP contribution in [0.1, 0.15) is 24.1 Å². The third-order valence-electron chi connectivity index (χ3n) is 2.95. The molecule has 20 heavy (non-hydrogen) atoms. The Labute approximate surface area is 125 Å². The van der Waals surface area contributed by atoms with Crippen molar-refractivity contribution in [1.29, 1.82) is 5.26 Å². The molecule has 0 aliphatic rings. The van der Waals surface area contributed by atoms with Crippen LogP contribution < -0.4 is 5.32 Å². The van der Waals surface area contributed by atoms with Gasteiger partial charge in [0.2, 0.25) is 0 Å². The molecule has 1 atom stereocenters. The van der Waals surface area contributed by atoms with E-state index in [4.69, 9.17) is 5.26 Å². The van der Waals surface area contributed by atoms with E-state index in [0.29, 0.717) is 11.1 Å². The van der Waals surface area contributed by atoms with Crippen LogP contribution in [0.4, 0.5) is 5.69 Å². The Balaban J connectivity index is 2.26. The number of hydrogen-bond acceptors (Lipinski definition) is 4. The van der Waals surface area contributed by atoms with Crippen LogP contribution in [0.2, 0.25) is 0 Å². The van der Waals surface area contributed by atoms with Crippen molar-refractivity contribution in [2.24, 2.45) is 0 Å². The summed E-state index contributed by atoms with van der Waals surface area (Å²) in [6, 6.07) is 11.5. The number of hydrogen-bond donors (Lipinski definition) is 3. The Morgan fingerprint density at radius 3 is 2.60 bits per heavy atom. The number of nitrogens with zero attached hydrogens (tertiary/aromatic N) is 1. The number of aromatic hydroxyl groups is 2. The van der Waals surface area contributed by atoms with E-state index in [2.05, 4.69) is 27.3 Å². The number of phenols is 2. The highest BCUT2D eigenvalue weighted by Crippen LogP contribution is 2.32. The van der Waals surface area contributed by atoms with E-state index in [1.165, 1.54) is 18.2 Å². The predicted octanol–water partition coefficient (Wildman–Crippen LogP) is 3.91. The lowest BCUT2D eigenvalue weighted by atomic mass is 10.1. The summed E-state index contributed by atoms with van der Waals surface area (Å²) in [6.07, 6.45) is 0. The van der Waals surface area contributed by atoms with Gasteiger partial charge in [-0.05, 0) is 59.3 Å². The van der Waals surface area contributed by atoms with Crippen LogP contribution in [0.5, 0.6) is 11.5 Å². The molecule has 2 rings (SSSR count). The van der Waals surface area contributed by atoms with E-state index < -0.39 is 0 Å². The number of nitriles is 1. The van der Waals surface area contributed by atoms with Crippen LogP contribution in [0.15, 0.2) is 40.9 Å². The Morgan fingerprint density at radius 2 is 1.95 bits per heavy atom. The van der Waals surface area contributed by atoms with Gasteiger partial charge in [-0.2, -0.15) is 5.26 Å². The number of benzene rings is 2. The first-order valence-corrected chi connectivity index (χ1v) is 6.78. The smallest absolute Gasteiger partial charge is 0.121 e. The maximum Gasteiger partial charge on any atom is 0.121 e. The maximum atomic E-state index is 9.83. The van der Waals surface area contributed by atoms with E-state index >= 15 is 0 Å². The van der Waals surface area contributed by atoms with Gasteiger partial charge in [0, 0.05) is 15.7 Å². The van der Waals surface area contributed by atoms with Gasteiger partial charge in [0.25, 0.3) is 0 Å². The van der Waals surface area contributed by atoms with E-state index in [1.54, 1.807) is 18.2 Å². The molecule has 2 aromatic rings. The van der Waals surface area contributed by atoms with Crippen molar-refractivity contribution in [3.05, 3.63) is 52.0 Å². The van der Waals surface area contributed by atoms with Crippen molar-refractivity contribution in [2.45, 2.75) is 13.0 Å². The lowest BCUT2D eigenvalue weighted by molar-refractivity contribution is 0.451. The van der Waals surface area contributed by atoms with Crippen LogP contribution >= 0.6 is 15.9 Å². The van der Waals surface area contributed by atoms with E-state index in [1.807, 2.05) is 6.92 Å². The monoisotopic (exact) mass is 332 g/mol. The Kier molecular flexibility index (Phi) is 4.16. The summed E-state index contributed by atoms with van der Waals surface area (Å²) in [6.45, 7) is 1.87. The third-order valence-corrected chi connectivity index (χ3v) is 3.60. The minimum atomic E-state index is -0.202. The molecule has 1 unspecified atom stereocenters. The van der Waals surface area contributed by atoms with Crippen molar-refractivity contribution in [3.8, 4) is 17.6 Å². The topological polar surface area (TPSA) is 76.3 Å². The average molecular weight is 333 g/mol. The van der Waals surface area contributed by atoms with Crippen LogP contribution in [0.3, 0.4) is 0 Å². The van der Waals surface area contributed by atoms with Crippen molar-refractivity contribution in [2.75, 3.05) is 5.32 Å². The van der Waals surface area contributed by atoms with Crippen LogP contribution in [0.25, 0.3) is 0 Å². The highest BCUT2D eigenvalue weighted by atomic mass is 79.9. The molecule has 0 amide bonds. The molecule has 0 saturated carbocycles. The van der Waals surface area contributed by atoms with Gasteiger partial charge < -0.3 is 15.5 Å². The SMILES string of the molecule is CC(Nc1ccc(C#N)cc1Br)c1cc(O)ccc1O. The molecule has 0 saturated heterocycles. The van der Waals surface area contributed by atoms with E-state index in [9.17, 15) is 10.2 Å². The second-order valence-corrected chi connectivity index (χ2v) is 5.27. The number of halogens is 1. The summed E-state index contributed by atoms with van der Waals surface area (Å²) in [5.41, 5.74) is 1.97. The lowest BCUT2D eigenvalue weighted by Gasteiger charge is -2.18. The summed E-state index contributed by atoms with van der Waals surface area (Å²) in [5, 5.41) is 31.4. The molecule has 0 heterocycles. The van der Waals surface area contributed by atoms with Gasteiger partial charge in [-0.15, -0.1) is 0 Å². The molecular formula is C15H13BrN2O2. The van der Waals surface area contributed by atoms with Gasteiger partial charge in [-0.1, -0.05) is 0 Å². The first kappa shape index (κ1) is 14.2. The summed E-state index contributed by atoms with van der Waals surface area (Å²) < 4.78 is 0.767. The normalized spacial score (nSPS) is 11.7. The summed E-state index contributed by atoms with van der Waals surface area (Å²) >= 11 is 3.40. The van der Waals surface area contributed by atoms with Gasteiger partial charge in [0.1, 0.15) is 11.5 Å². The largest absolute Gasteiger partial charge is 0.508 e. The average Bonchev–Trinajstić information content (AvgIpc) is 2.43. The second kappa shape index (κ2) is 5.85. The number of anilines is 1. The number of rotatable bonds is 3. The van der Waals surface area contributed by atoms with Crippen molar-refractivity contribution in [3.63, 3.8) is 0 Å². The standard InChI is InChI=1S/C15H13BrN2O2/c1-9(12-7-11(19)3-5-15(12)20)18-14-4-2-10(8-17)6-13(14)16/h2-7,9,18-20H,1H3. The third kappa shape index (κ3) is 3.03. The zero-order valence-electron chi connectivity index (χ0n) is 10.8. The van der Waals surface area contributed by atoms with Crippen LogP contribution in [-0.4, -0.2) is 10.2 Å². The second-order valence-electron chi connectivity index (χ2n) is 4.42. The predicted molar refractivity (Wildman–Crippen MR) is 80.7 cm³/mol. The quantitative estimate of drug-likeness (QED) is 0.745. The molecule has 5 heteroatoms. The molecule has 0 aromatic heterocycles. The minimum Gasteiger partial charge on any atom is -0.508 e. The van der Waals surface area contributed by atoms with E-state index in [-0.39, 0.29) is 17.5 Å². The van der Waals surface area contributed by atoms with Crippen LogP contribution in [0, 0.1) is 11.3 Å².